The Balaban J connectivity index is 1.77. The lowest BCUT2D eigenvalue weighted by Crippen LogP contribution is -2.38. The highest BCUT2D eigenvalue weighted by Crippen LogP contribution is 2.31. The number of hydrogen-bond donors (Lipinski definition) is 2. The second-order valence-electron chi connectivity index (χ2n) is 6.42. The maximum absolute atomic E-state index is 13.1. The molecule has 0 amide bonds. The Morgan fingerprint density at radius 3 is 2.75 bits per heavy atom. The predicted molar refractivity (Wildman–Crippen MR) is 101 cm³/mol. The number of guanidine groups is 1. The van der Waals surface area contributed by atoms with E-state index >= 15 is 0 Å². The van der Waals surface area contributed by atoms with Crippen LogP contribution in [0.1, 0.15) is 36.9 Å². The topological polar surface area (TPSA) is 67.4 Å². The minimum absolute atomic E-state index is 0.0172. The number of aliphatic imine (C=N–C) groups is 1. The van der Waals surface area contributed by atoms with Gasteiger partial charge in [-0.1, -0.05) is 18.2 Å². The summed E-state index contributed by atoms with van der Waals surface area (Å²) in [6.45, 7) is 4.20. The monoisotopic (exact) mass is 393 g/mol. The van der Waals surface area contributed by atoms with Crippen LogP contribution in [0.2, 0.25) is 0 Å². The van der Waals surface area contributed by atoms with Crippen LogP contribution in [0.3, 0.4) is 0 Å². The largest absolute Gasteiger partial charge is 0.459 e. The first-order chi connectivity index (χ1) is 13.3. The van der Waals surface area contributed by atoms with Gasteiger partial charge in [0.25, 0.3) is 0 Å². The van der Waals surface area contributed by atoms with Crippen molar-refractivity contribution in [3.63, 3.8) is 0 Å². The van der Waals surface area contributed by atoms with E-state index in [9.17, 15) is 13.2 Å². The Kier molecular flexibility index (Phi) is 5.62. The van der Waals surface area contributed by atoms with Gasteiger partial charge in [-0.05, 0) is 26.0 Å². The summed E-state index contributed by atoms with van der Waals surface area (Å²) in [6.07, 6.45) is -3.18. The number of nitrogens with zero attached hydrogens (tertiary/aromatic N) is 3. The summed E-state index contributed by atoms with van der Waals surface area (Å²) in [7, 11) is 1.45. The van der Waals surface area contributed by atoms with Crippen LogP contribution >= 0.6 is 0 Å². The number of rotatable bonds is 5. The van der Waals surface area contributed by atoms with E-state index in [2.05, 4.69) is 20.7 Å². The Morgan fingerprint density at radius 1 is 1.32 bits per heavy atom. The quantitative estimate of drug-likeness (QED) is 0.508. The van der Waals surface area contributed by atoms with Crippen LogP contribution in [0, 0.1) is 0 Å². The molecule has 3 rings (SSSR count). The molecule has 1 aromatic carbocycles. The van der Waals surface area contributed by atoms with E-state index in [0.29, 0.717) is 18.3 Å². The minimum Gasteiger partial charge on any atom is -0.459 e. The van der Waals surface area contributed by atoms with E-state index in [0.717, 1.165) is 15.7 Å². The molecule has 2 N–H and O–H groups in total. The second kappa shape index (κ2) is 7.95. The molecule has 0 fully saturated rings. The molecule has 0 spiro atoms. The van der Waals surface area contributed by atoms with Crippen molar-refractivity contribution >= 4 is 16.9 Å². The molecule has 0 aliphatic carbocycles. The Morgan fingerprint density at radius 2 is 2.07 bits per heavy atom. The van der Waals surface area contributed by atoms with E-state index in [-0.39, 0.29) is 18.2 Å². The molecule has 1 atom stereocenters. The zero-order valence-corrected chi connectivity index (χ0v) is 15.8. The first kappa shape index (κ1) is 19.8. The van der Waals surface area contributed by atoms with Crippen LogP contribution in [-0.4, -0.2) is 22.3 Å². The van der Waals surface area contributed by atoms with Crippen LogP contribution in [-0.2, 0) is 19.8 Å². The first-order valence-electron chi connectivity index (χ1n) is 8.91. The lowest BCUT2D eigenvalue weighted by Gasteiger charge is -2.16. The fourth-order valence-electron chi connectivity index (χ4n) is 2.87. The highest BCUT2D eigenvalue weighted by molar-refractivity contribution is 5.81. The van der Waals surface area contributed by atoms with E-state index in [4.69, 9.17) is 4.42 Å². The van der Waals surface area contributed by atoms with Crippen molar-refractivity contribution in [2.24, 2.45) is 12.0 Å². The van der Waals surface area contributed by atoms with Crippen LogP contribution in [0.5, 0.6) is 0 Å². The first-order valence-corrected chi connectivity index (χ1v) is 8.91. The molecule has 2 heterocycles. The Labute approximate surface area is 160 Å². The molecule has 0 radical (unpaired) electrons. The van der Waals surface area contributed by atoms with Gasteiger partial charge in [0.05, 0.1) is 12.6 Å². The summed E-state index contributed by atoms with van der Waals surface area (Å²) < 4.78 is 46.3. The van der Waals surface area contributed by atoms with Gasteiger partial charge in [0, 0.05) is 30.7 Å². The van der Waals surface area contributed by atoms with Gasteiger partial charge in [-0.2, -0.15) is 18.3 Å². The SMILES string of the molecule is CCNC(=NCc1cn(C)nc1C(F)(F)F)NC(C)c1cc2ccccc2o1. The number of para-hydroxylation sites is 1. The maximum Gasteiger partial charge on any atom is 0.435 e. The molecule has 28 heavy (non-hydrogen) atoms. The summed E-state index contributed by atoms with van der Waals surface area (Å²) in [6, 6.07) is 9.37. The molecule has 0 saturated heterocycles. The van der Waals surface area contributed by atoms with E-state index in [1.54, 1.807) is 0 Å². The summed E-state index contributed by atoms with van der Waals surface area (Å²) >= 11 is 0. The molecule has 0 bridgehead atoms. The minimum atomic E-state index is -4.51. The van der Waals surface area contributed by atoms with Gasteiger partial charge in [-0.3, -0.25) is 4.68 Å². The maximum atomic E-state index is 13.1. The van der Waals surface area contributed by atoms with E-state index in [1.807, 2.05) is 44.2 Å². The van der Waals surface area contributed by atoms with Crippen LogP contribution in [0.25, 0.3) is 11.0 Å². The zero-order valence-electron chi connectivity index (χ0n) is 15.8. The van der Waals surface area contributed by atoms with E-state index < -0.39 is 11.9 Å². The standard InChI is InChI=1S/C19H22F3N5O/c1-4-23-18(24-10-14-11-27(3)26-17(14)19(20,21)22)25-12(2)16-9-13-7-5-6-8-15(13)28-16/h5-9,11-12H,4,10H2,1-3H3,(H2,23,24,25). The third-order valence-electron chi connectivity index (χ3n) is 4.15. The molecule has 0 saturated carbocycles. The number of furan rings is 1. The van der Waals surface area contributed by atoms with Crippen molar-refractivity contribution in [3.8, 4) is 0 Å². The molecular weight excluding hydrogens is 371 g/mol. The number of benzene rings is 1. The fraction of sp³-hybridized carbons (Fsp3) is 0.368. The third-order valence-corrected chi connectivity index (χ3v) is 4.15. The van der Waals surface area contributed by atoms with Crippen molar-refractivity contribution in [1.29, 1.82) is 0 Å². The number of nitrogens with one attached hydrogen (secondary N) is 2. The van der Waals surface area contributed by atoms with Crippen molar-refractivity contribution in [2.75, 3.05) is 6.54 Å². The van der Waals surface area contributed by atoms with Crippen molar-refractivity contribution in [1.82, 2.24) is 20.4 Å². The molecule has 0 aliphatic heterocycles. The van der Waals surface area contributed by atoms with Gasteiger partial charge >= 0.3 is 6.18 Å². The van der Waals surface area contributed by atoms with E-state index in [1.165, 1.54) is 13.2 Å². The molecule has 9 heteroatoms. The predicted octanol–water partition coefficient (Wildman–Crippen LogP) is 4.00. The highest BCUT2D eigenvalue weighted by atomic mass is 19.4. The fourth-order valence-corrected chi connectivity index (χ4v) is 2.87. The van der Waals surface area contributed by atoms with Gasteiger partial charge in [0.15, 0.2) is 11.7 Å². The lowest BCUT2D eigenvalue weighted by molar-refractivity contribution is -0.142. The van der Waals surface area contributed by atoms with Gasteiger partial charge in [0.1, 0.15) is 11.3 Å². The average molecular weight is 393 g/mol. The molecule has 3 aromatic rings. The van der Waals surface area contributed by atoms with Gasteiger partial charge in [-0.15, -0.1) is 0 Å². The molecule has 150 valence electrons. The Bertz CT molecular complexity index is 941. The van der Waals surface area contributed by atoms with Gasteiger partial charge in [0.2, 0.25) is 0 Å². The number of aryl methyl sites for hydroxylation is 1. The zero-order chi connectivity index (χ0) is 20.3. The molecule has 0 aliphatic rings. The lowest BCUT2D eigenvalue weighted by atomic mass is 10.2. The smallest absolute Gasteiger partial charge is 0.435 e. The van der Waals surface area contributed by atoms with Crippen molar-refractivity contribution < 1.29 is 17.6 Å². The normalized spacial score (nSPS) is 13.7. The number of hydrogen-bond acceptors (Lipinski definition) is 3. The summed E-state index contributed by atoms with van der Waals surface area (Å²) in [5.74, 6) is 1.11. The number of halogens is 3. The van der Waals surface area contributed by atoms with Crippen molar-refractivity contribution in [3.05, 3.63) is 53.5 Å². The summed E-state index contributed by atoms with van der Waals surface area (Å²) in [5, 5.41) is 10.7. The number of aromatic nitrogens is 2. The summed E-state index contributed by atoms with van der Waals surface area (Å²) in [4.78, 5) is 4.29. The second-order valence-corrected chi connectivity index (χ2v) is 6.42. The molecule has 1 unspecified atom stereocenters. The van der Waals surface area contributed by atoms with Crippen molar-refractivity contribution in [2.45, 2.75) is 32.6 Å². The van der Waals surface area contributed by atoms with Crippen LogP contribution in [0.4, 0.5) is 13.2 Å². The third kappa shape index (κ3) is 4.47. The van der Waals surface area contributed by atoms with Crippen LogP contribution in [0.15, 0.2) is 45.9 Å². The number of alkyl halides is 3. The highest BCUT2D eigenvalue weighted by Gasteiger charge is 2.36. The molecule has 2 aromatic heterocycles. The van der Waals surface area contributed by atoms with Gasteiger partial charge < -0.3 is 15.1 Å². The van der Waals surface area contributed by atoms with Gasteiger partial charge in [-0.25, -0.2) is 4.99 Å². The Hall–Kier alpha value is -2.97. The molecule has 6 nitrogen and oxygen atoms in total. The molecular formula is C19H22F3N5O. The number of fused-ring (bicyclic) bond motifs is 1. The summed E-state index contributed by atoms with van der Waals surface area (Å²) in [5.41, 5.74) is -0.123. The van der Waals surface area contributed by atoms with Crippen LogP contribution < -0.4 is 10.6 Å². The average Bonchev–Trinajstić information content (AvgIpc) is 3.23.